The Kier molecular flexibility index (Phi) is 32.3. The van der Waals surface area contributed by atoms with E-state index in [4.69, 9.17) is 87.3 Å². The van der Waals surface area contributed by atoms with Gasteiger partial charge in [0.05, 0.1) is 64.1 Å². The first-order valence-corrected chi connectivity index (χ1v) is 47.2. The summed E-state index contributed by atoms with van der Waals surface area (Å²) in [6.07, 6.45) is -62.3. The standard InChI is InChI=1S/C95H116N8O44/c1-30-47(109)18-37-20-49(30)139-50-19-35(9-16-46(50)108)59(97)84(125)102-64-68(113)33-5-11-40(12-6-33)137-52-21-38-22-53(81(52)145-95-83(76(121)72(117)56(143-95)29-134-91-78(123)73(118)67(112)32(3)136-91)147-94-82(75(120)71(116)55(27-105)142-94)146-92-77(122)69(114)48(110)28-133-92)138-41-13-7-34(8-14-41)80(144-57-25-44(96)66(111)31(2)135-57)65-89(130)101-63(90(131)132-4)43-23-39(106)24-51(140-93-79(124)74(119)70(115)54(26-104)141-93)58(43)42-17-36(10-15-45(42)107)60(85(126)103-65)98-87(128)62(38)99-86(127)61(37)100-88(64)129/h5-22,31-32,39,43-44,48,51,54-80,82-83,91-95,104-124H,23-29,96-97H2,1-4H3,(H,98,128)(H,99,127)(H,100,129)(H,101,130)(H,102,125)(H,103,126)/t31-,32-,39?,43?,44+,48+,51?,54+,55+,56+,57-,58?,59+,60+,61-,62+,63?,64+,65-,66-,67-,68+,69+,70+,71+,72+,73+,74-,75-,76-,77+,78-,79+,80-,82+,83-,91+,92-,93+,94?,95-/m0/s1. The maximum atomic E-state index is 17.3. The van der Waals surface area contributed by atoms with E-state index in [9.17, 15) is 112 Å². The Morgan fingerprint density at radius 3 is 1.59 bits per heavy atom. The second-order valence-electron chi connectivity index (χ2n) is 37.9. The quantitative estimate of drug-likeness (QED) is 0.0400. The van der Waals surface area contributed by atoms with Crippen LogP contribution in [0.2, 0.25) is 0 Å². The number of phenolic OH excluding ortho intramolecular Hbond substituents is 3. The SMILES string of the molecule is COC(=O)C1NC(=O)[C@H]2NC(=O)[C@H](NC(=O)[C@@H]3NC(=O)[C@H]4NC(=O)[C@H](NC(=O)[C@H](N)c5ccc(O)c(c5)Oc5cc4cc(O)c5C)[C@H](O)c4ccc(cc4)Oc4cc3cc(c4O[C@@H]3O[C@H](CO[C@@H]4O[C@@H](C)[C@H](O)[C@@H](O)[C@@H]4O)[C@@H](O)[C@H](O)[C@@H]3OC3O[C@H](CO)[C@@H](O)[C@H](O)[C@H]3O[C@@H]3OC[C@@H](O)[C@@H](O)[C@H]3O)Oc3ccc(cc3)[C@@H]2O[C@H]2C[C@@H](N)[C@@H](O)[C@H](C)O2)c2ccc(O)c(c2)C2C(O[C@@H]3O[C@H](CO)[C@@H](O)[C@H](O)[C@H]3O)CC(O)CC12. The van der Waals surface area contributed by atoms with E-state index in [0.717, 1.165) is 61.7 Å². The monoisotopic (exact) mass is 2070 g/mol. The fraction of sp³-hybridized carbons (Fsp3) is 0.547. The Balaban J connectivity index is 0.899. The molecule has 6 unspecified atom stereocenters. The number of nitrogens with two attached hydrogens (primary N) is 2. The first-order valence-electron chi connectivity index (χ1n) is 47.2. The average molecular weight is 2070 g/mol. The van der Waals surface area contributed by atoms with Crippen LogP contribution in [-0.4, -0.2) is 384 Å². The van der Waals surface area contributed by atoms with Gasteiger partial charge in [-0.25, -0.2) is 4.79 Å². The first-order chi connectivity index (χ1) is 70.0. The van der Waals surface area contributed by atoms with Crippen molar-refractivity contribution in [2.24, 2.45) is 17.4 Å². The van der Waals surface area contributed by atoms with Gasteiger partial charge in [0, 0.05) is 41.8 Å². The Labute approximate surface area is 833 Å². The van der Waals surface area contributed by atoms with Crippen molar-refractivity contribution in [3.63, 3.8) is 0 Å². The molecule has 0 spiro atoms. The lowest BCUT2D eigenvalue weighted by Gasteiger charge is -2.48. The van der Waals surface area contributed by atoms with Gasteiger partial charge in [0.25, 0.3) is 0 Å². The van der Waals surface area contributed by atoms with Gasteiger partial charge in [-0.15, -0.1) is 0 Å². The van der Waals surface area contributed by atoms with Crippen LogP contribution in [-0.2, 0) is 90.4 Å². The van der Waals surface area contributed by atoms with Crippen LogP contribution in [0.1, 0.15) is 120 Å². The van der Waals surface area contributed by atoms with Gasteiger partial charge in [0.1, 0.15) is 187 Å². The molecule has 13 aliphatic rings. The molecule has 1 aliphatic carbocycles. The summed E-state index contributed by atoms with van der Waals surface area (Å²) in [5.41, 5.74) is 10.8. The molecule has 41 atom stereocenters. The van der Waals surface area contributed by atoms with E-state index >= 15 is 28.8 Å². The van der Waals surface area contributed by atoms with Crippen LogP contribution in [0.25, 0.3) is 0 Å². The van der Waals surface area contributed by atoms with Crippen molar-refractivity contribution in [1.82, 2.24) is 31.9 Å². The van der Waals surface area contributed by atoms with Crippen LogP contribution in [0.15, 0.2) is 109 Å². The third-order valence-corrected chi connectivity index (χ3v) is 28.2. The van der Waals surface area contributed by atoms with E-state index in [0.29, 0.717) is 0 Å². The molecular weight excluding hydrogens is 1960 g/mol. The van der Waals surface area contributed by atoms with Crippen molar-refractivity contribution in [2.45, 2.75) is 285 Å². The van der Waals surface area contributed by atoms with Crippen LogP contribution in [0.5, 0.6) is 57.5 Å². The second-order valence-corrected chi connectivity index (χ2v) is 37.9. The number of amides is 6. The minimum Gasteiger partial charge on any atom is -0.508 e. The summed E-state index contributed by atoms with van der Waals surface area (Å²) in [6, 6.07) is 3.41. The number of nitrogens with one attached hydrogen (secondary N) is 6. The molecule has 52 nitrogen and oxygen atoms in total. The fourth-order valence-corrected chi connectivity index (χ4v) is 19.8. The van der Waals surface area contributed by atoms with Crippen LogP contribution in [0, 0.1) is 12.8 Å². The number of esters is 1. The molecule has 0 aromatic heterocycles. The van der Waals surface area contributed by atoms with Gasteiger partial charge in [-0.1, -0.05) is 36.4 Å². The van der Waals surface area contributed by atoms with Crippen molar-refractivity contribution >= 4 is 41.4 Å². The van der Waals surface area contributed by atoms with E-state index < -0.39 is 388 Å². The van der Waals surface area contributed by atoms with E-state index in [-0.39, 0.29) is 51.5 Å². The summed E-state index contributed by atoms with van der Waals surface area (Å²) in [6.45, 7) is 0.227. The molecule has 7 fully saturated rings. The number of carbonyl (C=O) groups is 7. The second kappa shape index (κ2) is 44.3. The van der Waals surface area contributed by atoms with Crippen molar-refractivity contribution < 1.29 is 217 Å². The number of phenols is 3. The van der Waals surface area contributed by atoms with Gasteiger partial charge in [0.15, 0.2) is 60.6 Å². The molecule has 0 radical (unpaired) electrons. The Hall–Kier alpha value is -11.0. The number of hydrogen-bond donors (Lipinski definition) is 29. The van der Waals surface area contributed by atoms with Crippen LogP contribution < -0.4 is 62.3 Å². The largest absolute Gasteiger partial charge is 0.508 e. The number of hydrogen-bond acceptors (Lipinski definition) is 46. The van der Waals surface area contributed by atoms with Crippen LogP contribution in [0.4, 0.5) is 0 Å². The van der Waals surface area contributed by atoms with Gasteiger partial charge in [-0.05, 0) is 133 Å². The predicted octanol–water partition coefficient (Wildman–Crippen LogP) is -7.69. The Morgan fingerprint density at radius 2 is 0.946 bits per heavy atom. The number of aliphatic hydroxyl groups excluding tert-OH is 18. The molecule has 12 heterocycles. The first kappa shape index (κ1) is 107. The minimum absolute atomic E-state index is 0.0612. The Morgan fingerprint density at radius 1 is 0.429 bits per heavy atom. The molecule has 1 saturated carbocycles. The summed E-state index contributed by atoms with van der Waals surface area (Å²) in [5.74, 6) is -18.9. The normalized spacial score (nSPS) is 38.9. The number of carbonyl (C=O) groups excluding carboxylic acids is 7. The molecule has 17 bridgehead atoms. The third-order valence-electron chi connectivity index (χ3n) is 28.2. The van der Waals surface area contributed by atoms with Crippen molar-refractivity contribution in [3.8, 4) is 57.5 Å². The van der Waals surface area contributed by atoms with E-state index in [2.05, 4.69) is 31.9 Å². The van der Waals surface area contributed by atoms with E-state index in [1.54, 1.807) is 0 Å². The molecule has 6 saturated heterocycles. The molecule has 12 aliphatic heterocycles. The predicted molar refractivity (Wildman–Crippen MR) is 483 cm³/mol. The highest BCUT2D eigenvalue weighted by atomic mass is 16.8. The molecule has 6 amide bonds. The molecule has 6 aromatic rings. The maximum Gasteiger partial charge on any atom is 0.328 e. The zero-order valence-corrected chi connectivity index (χ0v) is 78.4. The molecule has 31 N–H and O–H groups in total. The number of ether oxygens (including phenoxy) is 16. The number of aliphatic hydroxyl groups is 18. The van der Waals surface area contributed by atoms with Crippen molar-refractivity contribution in [2.75, 3.05) is 33.5 Å². The number of benzene rings is 6. The molecule has 19 rings (SSSR count). The summed E-state index contributed by atoms with van der Waals surface area (Å²) in [5, 5.41) is 257. The third kappa shape index (κ3) is 21.8. The maximum absolute atomic E-state index is 17.3. The fourth-order valence-electron chi connectivity index (χ4n) is 19.8. The highest BCUT2D eigenvalue weighted by Gasteiger charge is 2.58. The van der Waals surface area contributed by atoms with Gasteiger partial charge in [-0.3, -0.25) is 28.8 Å². The number of aromatic hydroxyl groups is 3. The topological polar surface area (TPSA) is 816 Å². The van der Waals surface area contributed by atoms with E-state index in [1.165, 1.54) is 75.4 Å². The van der Waals surface area contributed by atoms with Gasteiger partial charge < -0.3 is 226 Å². The zero-order valence-electron chi connectivity index (χ0n) is 78.4. The van der Waals surface area contributed by atoms with Gasteiger partial charge in [0.2, 0.25) is 47.5 Å². The summed E-state index contributed by atoms with van der Waals surface area (Å²) < 4.78 is 100. The highest BCUT2D eigenvalue weighted by Crippen LogP contribution is 2.52. The lowest BCUT2D eigenvalue weighted by molar-refractivity contribution is -0.385. The van der Waals surface area contributed by atoms with Crippen molar-refractivity contribution in [1.29, 1.82) is 0 Å². The number of rotatable bonds is 16. The summed E-state index contributed by atoms with van der Waals surface area (Å²) in [7, 11) is 0.931. The van der Waals surface area contributed by atoms with Gasteiger partial charge in [-0.2, -0.15) is 0 Å². The van der Waals surface area contributed by atoms with Crippen molar-refractivity contribution in [3.05, 3.63) is 154 Å². The smallest absolute Gasteiger partial charge is 0.328 e. The lowest BCUT2D eigenvalue weighted by Crippen LogP contribution is -2.67. The minimum atomic E-state index is -2.58. The molecular formula is C95H116N8O44. The van der Waals surface area contributed by atoms with Crippen LogP contribution in [0.3, 0.4) is 0 Å². The lowest BCUT2D eigenvalue weighted by atomic mass is 9.68. The Bertz CT molecular complexity index is 5750. The summed E-state index contributed by atoms with van der Waals surface area (Å²) in [4.78, 5) is 113. The average Bonchev–Trinajstić information content (AvgIpc) is 0.742. The molecule has 6 aromatic carbocycles. The summed E-state index contributed by atoms with van der Waals surface area (Å²) >= 11 is 0. The highest BCUT2D eigenvalue weighted by molar-refractivity contribution is 5.99. The van der Waals surface area contributed by atoms with Gasteiger partial charge >= 0.3 is 5.97 Å². The molecule has 800 valence electrons. The number of fused-ring (bicyclic) bond motifs is 14. The molecule has 52 heteroatoms. The zero-order chi connectivity index (χ0) is 105. The molecule has 147 heavy (non-hydrogen) atoms. The van der Waals surface area contributed by atoms with Crippen LogP contribution >= 0.6 is 0 Å². The number of methoxy groups -OCH3 is 1. The van der Waals surface area contributed by atoms with E-state index in [1.807, 2.05) is 0 Å².